The highest BCUT2D eigenvalue weighted by Crippen LogP contribution is 2.24. The van der Waals surface area contributed by atoms with Crippen molar-refractivity contribution in [1.29, 1.82) is 0 Å². The molecule has 2 aromatic heterocycles. The zero-order valence-electron chi connectivity index (χ0n) is 12.7. The number of nitrogens with zero attached hydrogens (tertiary/aromatic N) is 3. The second-order valence-corrected chi connectivity index (χ2v) is 5.58. The normalized spacial score (nSPS) is 13.4. The third-order valence-electron chi connectivity index (χ3n) is 3.83. The first kappa shape index (κ1) is 13.8. The fraction of sp³-hybridized carbons (Fsp3) is 0.235. The van der Waals surface area contributed by atoms with Crippen molar-refractivity contribution in [2.75, 3.05) is 11.9 Å². The van der Waals surface area contributed by atoms with Crippen LogP contribution in [0.3, 0.4) is 0 Å². The molecule has 0 radical (unpaired) electrons. The number of amides is 1. The van der Waals surface area contributed by atoms with E-state index in [4.69, 9.17) is 4.74 Å². The molecule has 3 aromatic rings. The first-order chi connectivity index (χ1) is 11.2. The molecule has 116 valence electrons. The first-order valence-corrected chi connectivity index (χ1v) is 7.59. The summed E-state index contributed by atoms with van der Waals surface area (Å²) in [7, 11) is 0. The average Bonchev–Trinajstić information content (AvgIpc) is 2.99. The molecule has 6 heteroatoms. The fourth-order valence-corrected chi connectivity index (χ4v) is 2.78. The Labute approximate surface area is 133 Å². The number of pyridine rings is 1. The number of carbonyl (C=O) groups excluding carboxylic acids is 1. The van der Waals surface area contributed by atoms with Gasteiger partial charge in [0.05, 0.1) is 17.8 Å². The third-order valence-corrected chi connectivity index (χ3v) is 3.83. The van der Waals surface area contributed by atoms with Gasteiger partial charge in [-0.15, -0.1) is 0 Å². The summed E-state index contributed by atoms with van der Waals surface area (Å²) in [5, 5.41) is 8.16. The minimum absolute atomic E-state index is 0.244. The number of hydrogen-bond donors (Lipinski definition) is 1. The van der Waals surface area contributed by atoms with E-state index in [1.807, 2.05) is 37.3 Å². The molecule has 1 aromatic carbocycles. The van der Waals surface area contributed by atoms with Crippen LogP contribution in [0.15, 0.2) is 36.4 Å². The number of para-hydroxylation sites is 1. The van der Waals surface area contributed by atoms with E-state index in [1.54, 1.807) is 10.7 Å². The van der Waals surface area contributed by atoms with E-state index in [9.17, 15) is 4.79 Å². The van der Waals surface area contributed by atoms with Gasteiger partial charge in [-0.3, -0.25) is 9.78 Å². The van der Waals surface area contributed by atoms with Crippen LogP contribution in [0.1, 0.15) is 22.6 Å². The molecule has 0 fully saturated rings. The molecule has 0 spiro atoms. The molecular weight excluding hydrogens is 292 g/mol. The Morgan fingerprint density at radius 2 is 2.17 bits per heavy atom. The Kier molecular flexibility index (Phi) is 3.22. The van der Waals surface area contributed by atoms with Crippen LogP contribution < -0.4 is 10.1 Å². The molecule has 3 heterocycles. The lowest BCUT2D eigenvalue weighted by atomic mass is 10.1. The van der Waals surface area contributed by atoms with Gasteiger partial charge in [0, 0.05) is 30.1 Å². The van der Waals surface area contributed by atoms with E-state index in [1.165, 1.54) is 0 Å². The Balaban J connectivity index is 1.67. The van der Waals surface area contributed by atoms with Gasteiger partial charge < -0.3 is 10.1 Å². The minimum Gasteiger partial charge on any atom is -0.478 e. The van der Waals surface area contributed by atoms with Crippen molar-refractivity contribution in [3.8, 4) is 5.88 Å². The van der Waals surface area contributed by atoms with Crippen molar-refractivity contribution >= 4 is 22.5 Å². The number of aromatic nitrogens is 3. The van der Waals surface area contributed by atoms with Crippen molar-refractivity contribution in [3.05, 3.63) is 47.8 Å². The molecule has 23 heavy (non-hydrogen) atoms. The molecule has 0 atom stereocenters. The van der Waals surface area contributed by atoms with Crippen LogP contribution in [0.5, 0.6) is 5.88 Å². The highest BCUT2D eigenvalue weighted by atomic mass is 16.5. The van der Waals surface area contributed by atoms with Gasteiger partial charge in [-0.1, -0.05) is 18.2 Å². The summed E-state index contributed by atoms with van der Waals surface area (Å²) in [6, 6.07) is 11.3. The lowest BCUT2D eigenvalue weighted by Crippen LogP contribution is -2.16. The number of aryl methyl sites for hydroxylation is 2. The summed E-state index contributed by atoms with van der Waals surface area (Å²) in [4.78, 5) is 17.0. The van der Waals surface area contributed by atoms with E-state index in [0.29, 0.717) is 18.2 Å². The molecule has 6 nitrogen and oxygen atoms in total. The summed E-state index contributed by atoms with van der Waals surface area (Å²) in [6.45, 7) is 3.35. The lowest BCUT2D eigenvalue weighted by Gasteiger charge is -2.13. The number of carbonyl (C=O) groups is 1. The van der Waals surface area contributed by atoms with Crippen LogP contribution in [-0.4, -0.2) is 27.3 Å². The SMILES string of the molecule is Cc1cc(NC(=O)c2cc3n(n2)CCCO3)c2ccccc2n1. The maximum atomic E-state index is 12.5. The molecule has 1 aliphatic heterocycles. The number of nitrogens with one attached hydrogen (secondary N) is 1. The summed E-state index contributed by atoms with van der Waals surface area (Å²) < 4.78 is 7.23. The number of anilines is 1. The predicted molar refractivity (Wildman–Crippen MR) is 86.8 cm³/mol. The van der Waals surface area contributed by atoms with Crippen LogP contribution >= 0.6 is 0 Å². The maximum absolute atomic E-state index is 12.5. The number of hydrogen-bond acceptors (Lipinski definition) is 4. The second-order valence-electron chi connectivity index (χ2n) is 5.58. The van der Waals surface area contributed by atoms with Gasteiger partial charge in [0.15, 0.2) is 5.69 Å². The van der Waals surface area contributed by atoms with E-state index in [-0.39, 0.29) is 5.91 Å². The van der Waals surface area contributed by atoms with Crippen molar-refractivity contribution in [2.45, 2.75) is 19.9 Å². The lowest BCUT2D eigenvalue weighted by molar-refractivity contribution is 0.102. The van der Waals surface area contributed by atoms with Crippen LogP contribution in [0.25, 0.3) is 10.9 Å². The van der Waals surface area contributed by atoms with E-state index < -0.39 is 0 Å². The van der Waals surface area contributed by atoms with Crippen LogP contribution in [-0.2, 0) is 6.54 Å². The van der Waals surface area contributed by atoms with Crippen LogP contribution in [0, 0.1) is 6.92 Å². The second kappa shape index (κ2) is 5.39. The topological polar surface area (TPSA) is 69.0 Å². The Morgan fingerprint density at radius 1 is 1.30 bits per heavy atom. The third kappa shape index (κ3) is 2.52. The van der Waals surface area contributed by atoms with Crippen molar-refractivity contribution in [3.63, 3.8) is 0 Å². The van der Waals surface area contributed by atoms with Gasteiger partial charge in [0.1, 0.15) is 0 Å². The minimum atomic E-state index is -0.244. The molecule has 0 saturated heterocycles. The van der Waals surface area contributed by atoms with Crippen LogP contribution in [0.4, 0.5) is 5.69 Å². The van der Waals surface area contributed by atoms with Crippen molar-refractivity contribution < 1.29 is 9.53 Å². The monoisotopic (exact) mass is 308 g/mol. The summed E-state index contributed by atoms with van der Waals surface area (Å²) in [5.41, 5.74) is 2.81. The molecule has 0 saturated carbocycles. The molecule has 0 unspecified atom stereocenters. The van der Waals surface area contributed by atoms with Gasteiger partial charge in [-0.2, -0.15) is 5.10 Å². The predicted octanol–water partition coefficient (Wildman–Crippen LogP) is 2.77. The van der Waals surface area contributed by atoms with Crippen molar-refractivity contribution in [1.82, 2.24) is 14.8 Å². The maximum Gasteiger partial charge on any atom is 0.276 e. The molecule has 4 rings (SSSR count). The highest BCUT2D eigenvalue weighted by Gasteiger charge is 2.18. The quantitative estimate of drug-likeness (QED) is 0.790. The number of rotatable bonds is 2. The van der Waals surface area contributed by atoms with E-state index in [2.05, 4.69) is 15.4 Å². The van der Waals surface area contributed by atoms with E-state index >= 15 is 0 Å². The largest absolute Gasteiger partial charge is 0.478 e. The average molecular weight is 308 g/mol. The molecule has 1 aliphatic rings. The number of benzene rings is 1. The zero-order valence-corrected chi connectivity index (χ0v) is 12.7. The molecule has 1 amide bonds. The number of fused-ring (bicyclic) bond motifs is 2. The Bertz CT molecular complexity index is 877. The Morgan fingerprint density at radius 3 is 3.04 bits per heavy atom. The summed E-state index contributed by atoms with van der Waals surface area (Å²) in [5.74, 6) is 0.406. The van der Waals surface area contributed by atoms with Gasteiger partial charge in [-0.05, 0) is 19.1 Å². The van der Waals surface area contributed by atoms with Gasteiger partial charge in [0.2, 0.25) is 5.88 Å². The molecule has 0 bridgehead atoms. The summed E-state index contributed by atoms with van der Waals surface area (Å²) in [6.07, 6.45) is 0.907. The fourth-order valence-electron chi connectivity index (χ4n) is 2.78. The molecular formula is C17H16N4O2. The van der Waals surface area contributed by atoms with Crippen LogP contribution in [0.2, 0.25) is 0 Å². The smallest absolute Gasteiger partial charge is 0.276 e. The number of ether oxygens (including phenoxy) is 1. The van der Waals surface area contributed by atoms with E-state index in [0.717, 1.165) is 35.2 Å². The standard InChI is InChI=1S/C17H16N4O2/c1-11-9-14(12-5-2-3-6-13(12)18-11)19-17(22)15-10-16-21(20-15)7-4-8-23-16/h2-3,5-6,9-10H,4,7-8H2,1H3,(H,18,19,22). The van der Waals surface area contributed by atoms with Gasteiger partial charge in [0.25, 0.3) is 5.91 Å². The first-order valence-electron chi connectivity index (χ1n) is 7.59. The highest BCUT2D eigenvalue weighted by molar-refractivity contribution is 6.07. The van der Waals surface area contributed by atoms with Crippen molar-refractivity contribution in [2.24, 2.45) is 0 Å². The Hall–Kier alpha value is -2.89. The van der Waals surface area contributed by atoms with Gasteiger partial charge >= 0.3 is 0 Å². The molecule has 1 N–H and O–H groups in total. The zero-order chi connectivity index (χ0) is 15.8. The molecule has 0 aliphatic carbocycles. The van der Waals surface area contributed by atoms with Gasteiger partial charge in [-0.25, -0.2) is 4.68 Å². The summed E-state index contributed by atoms with van der Waals surface area (Å²) >= 11 is 0.